The van der Waals surface area contributed by atoms with Crippen molar-refractivity contribution in [2.45, 2.75) is 32.4 Å². The molecule has 6 heteroatoms. The fourth-order valence-corrected chi connectivity index (χ4v) is 1.66. The number of carbonyl (C=O) groups excluding carboxylic acids is 1. The fraction of sp³-hybridized carbons (Fsp3) is 0.500. The van der Waals surface area contributed by atoms with E-state index in [0.717, 1.165) is 18.2 Å². The van der Waals surface area contributed by atoms with E-state index in [1.165, 1.54) is 6.92 Å². The van der Waals surface area contributed by atoms with E-state index in [1.54, 1.807) is 0 Å². The van der Waals surface area contributed by atoms with Crippen LogP contribution in [0.1, 0.15) is 32.4 Å². The van der Waals surface area contributed by atoms with Crippen molar-refractivity contribution in [3.05, 3.63) is 35.4 Å². The topological polar surface area (TPSA) is 61.4 Å². The van der Waals surface area contributed by atoms with E-state index in [1.807, 2.05) is 13.8 Å². The number of benzene rings is 1. The molecule has 112 valence electrons. The third-order valence-electron chi connectivity index (χ3n) is 2.87. The maximum Gasteiger partial charge on any atom is 0.216 e. The molecule has 1 aromatic rings. The first-order valence-corrected chi connectivity index (χ1v) is 6.34. The van der Waals surface area contributed by atoms with Crippen LogP contribution >= 0.6 is 0 Å². The van der Waals surface area contributed by atoms with Crippen molar-refractivity contribution < 1.29 is 18.7 Å². The quantitative estimate of drug-likeness (QED) is 0.743. The summed E-state index contributed by atoms with van der Waals surface area (Å²) in [7, 11) is 0. The van der Waals surface area contributed by atoms with Gasteiger partial charge in [0.1, 0.15) is 11.6 Å². The molecule has 0 aliphatic rings. The number of β-amino-alcohol motifs (C(OH)–C–C–N with tert-alkyl or cyclic N) is 1. The molecule has 1 amide bonds. The lowest BCUT2D eigenvalue weighted by Crippen LogP contribution is -2.49. The number of amides is 1. The summed E-state index contributed by atoms with van der Waals surface area (Å²) in [5.74, 6) is -1.41. The van der Waals surface area contributed by atoms with Gasteiger partial charge in [-0.05, 0) is 32.0 Å². The number of rotatable bonds is 6. The Hall–Kier alpha value is -1.53. The third-order valence-corrected chi connectivity index (χ3v) is 2.87. The number of halogens is 2. The molecule has 20 heavy (non-hydrogen) atoms. The first kappa shape index (κ1) is 16.5. The van der Waals surface area contributed by atoms with Gasteiger partial charge in [0.25, 0.3) is 0 Å². The number of aliphatic hydroxyl groups excluding tert-OH is 1. The average Bonchev–Trinajstić information content (AvgIpc) is 2.37. The lowest BCUT2D eigenvalue weighted by molar-refractivity contribution is -0.119. The predicted molar refractivity (Wildman–Crippen MR) is 72.1 cm³/mol. The summed E-state index contributed by atoms with van der Waals surface area (Å²) in [6, 6.07) is 2.96. The van der Waals surface area contributed by atoms with E-state index in [2.05, 4.69) is 10.6 Å². The zero-order valence-corrected chi connectivity index (χ0v) is 11.8. The van der Waals surface area contributed by atoms with Gasteiger partial charge in [0, 0.05) is 31.1 Å². The summed E-state index contributed by atoms with van der Waals surface area (Å²) in [5, 5.41) is 15.6. The van der Waals surface area contributed by atoms with Crippen LogP contribution in [0.25, 0.3) is 0 Å². The summed E-state index contributed by atoms with van der Waals surface area (Å²) in [6.45, 7) is 5.48. The maximum absolute atomic E-state index is 13.5. The molecule has 0 aliphatic carbocycles. The van der Waals surface area contributed by atoms with Crippen molar-refractivity contribution in [1.29, 1.82) is 0 Å². The van der Waals surface area contributed by atoms with Crippen molar-refractivity contribution in [3.63, 3.8) is 0 Å². The number of aliphatic hydroxyl groups is 1. The summed E-state index contributed by atoms with van der Waals surface area (Å²) in [5.41, 5.74) is -0.566. The molecule has 1 atom stereocenters. The number of hydrogen-bond acceptors (Lipinski definition) is 3. The van der Waals surface area contributed by atoms with Gasteiger partial charge in [-0.2, -0.15) is 0 Å². The van der Waals surface area contributed by atoms with Crippen molar-refractivity contribution in [3.8, 4) is 0 Å². The highest BCUT2D eigenvalue weighted by Gasteiger charge is 2.21. The average molecular weight is 286 g/mol. The molecule has 0 aliphatic heterocycles. The molecule has 0 spiro atoms. The Labute approximate surface area is 117 Å². The predicted octanol–water partition coefficient (Wildman–Crippen LogP) is 1.50. The summed E-state index contributed by atoms with van der Waals surface area (Å²) in [6.07, 6.45) is -1.16. The monoisotopic (exact) mass is 286 g/mol. The Balaban J connectivity index is 2.60. The molecule has 1 aromatic carbocycles. The molecule has 0 radical (unpaired) electrons. The molecule has 0 heterocycles. The number of hydrogen-bond donors (Lipinski definition) is 3. The van der Waals surface area contributed by atoms with E-state index >= 15 is 0 Å². The SMILES string of the molecule is CC(=O)NCC(C)(C)NCC(O)c1cc(F)ccc1F. The molecule has 4 nitrogen and oxygen atoms in total. The van der Waals surface area contributed by atoms with Crippen LogP contribution in [-0.2, 0) is 4.79 Å². The molecule has 0 bridgehead atoms. The lowest BCUT2D eigenvalue weighted by Gasteiger charge is -2.28. The Bertz CT molecular complexity index is 478. The molecule has 0 fully saturated rings. The molecule has 0 saturated heterocycles. The van der Waals surface area contributed by atoms with Gasteiger partial charge in [0.2, 0.25) is 5.91 Å². The Morgan fingerprint density at radius 2 is 2.05 bits per heavy atom. The highest BCUT2D eigenvalue weighted by atomic mass is 19.1. The highest BCUT2D eigenvalue weighted by Crippen LogP contribution is 2.18. The standard InChI is InChI=1S/C14H20F2N2O2/c1-9(19)17-8-14(2,3)18-7-13(20)11-6-10(15)4-5-12(11)16/h4-6,13,18,20H,7-8H2,1-3H3,(H,17,19). The van der Waals surface area contributed by atoms with Gasteiger partial charge in [-0.15, -0.1) is 0 Å². The van der Waals surface area contributed by atoms with Crippen molar-refractivity contribution in [2.75, 3.05) is 13.1 Å². The summed E-state index contributed by atoms with van der Waals surface area (Å²) < 4.78 is 26.5. The largest absolute Gasteiger partial charge is 0.387 e. The van der Waals surface area contributed by atoms with Crippen molar-refractivity contribution in [2.24, 2.45) is 0 Å². The van der Waals surface area contributed by atoms with Crippen LogP contribution in [0.5, 0.6) is 0 Å². The van der Waals surface area contributed by atoms with Crippen LogP contribution in [0, 0.1) is 11.6 Å². The summed E-state index contributed by atoms with van der Waals surface area (Å²) in [4.78, 5) is 10.9. The maximum atomic E-state index is 13.5. The Kier molecular flexibility index (Phi) is 5.59. The molecular weight excluding hydrogens is 266 g/mol. The van der Waals surface area contributed by atoms with E-state index in [4.69, 9.17) is 0 Å². The highest BCUT2D eigenvalue weighted by molar-refractivity contribution is 5.72. The molecule has 1 unspecified atom stereocenters. The smallest absolute Gasteiger partial charge is 0.216 e. The van der Waals surface area contributed by atoms with Crippen LogP contribution in [0.15, 0.2) is 18.2 Å². The van der Waals surface area contributed by atoms with Gasteiger partial charge in [-0.3, -0.25) is 4.79 Å². The number of carbonyl (C=O) groups is 1. The first-order chi connectivity index (χ1) is 9.21. The second-order valence-electron chi connectivity index (χ2n) is 5.36. The molecule has 0 saturated carbocycles. The van der Waals surface area contributed by atoms with Crippen LogP contribution in [-0.4, -0.2) is 29.6 Å². The van der Waals surface area contributed by atoms with Gasteiger partial charge in [-0.1, -0.05) is 0 Å². The van der Waals surface area contributed by atoms with Crippen LogP contribution < -0.4 is 10.6 Å². The van der Waals surface area contributed by atoms with Crippen LogP contribution in [0.3, 0.4) is 0 Å². The third kappa shape index (κ3) is 5.22. The van der Waals surface area contributed by atoms with E-state index < -0.39 is 23.3 Å². The van der Waals surface area contributed by atoms with Gasteiger partial charge < -0.3 is 15.7 Å². The minimum atomic E-state index is -1.16. The normalized spacial score (nSPS) is 13.1. The minimum absolute atomic E-state index is 0.0486. The van der Waals surface area contributed by atoms with Gasteiger partial charge in [-0.25, -0.2) is 8.78 Å². The Morgan fingerprint density at radius 3 is 2.65 bits per heavy atom. The van der Waals surface area contributed by atoms with Crippen LogP contribution in [0.2, 0.25) is 0 Å². The van der Waals surface area contributed by atoms with E-state index in [9.17, 15) is 18.7 Å². The second kappa shape index (κ2) is 6.76. The van der Waals surface area contributed by atoms with Crippen molar-refractivity contribution >= 4 is 5.91 Å². The molecule has 3 N–H and O–H groups in total. The molecular formula is C14H20F2N2O2. The van der Waals surface area contributed by atoms with Gasteiger partial charge in [0.15, 0.2) is 0 Å². The fourth-order valence-electron chi connectivity index (χ4n) is 1.66. The lowest BCUT2D eigenvalue weighted by atomic mass is 10.0. The van der Waals surface area contributed by atoms with E-state index in [-0.39, 0.29) is 18.0 Å². The second-order valence-corrected chi connectivity index (χ2v) is 5.36. The minimum Gasteiger partial charge on any atom is -0.387 e. The first-order valence-electron chi connectivity index (χ1n) is 6.34. The summed E-state index contributed by atoms with van der Waals surface area (Å²) >= 11 is 0. The molecule has 0 aromatic heterocycles. The van der Waals surface area contributed by atoms with Crippen molar-refractivity contribution in [1.82, 2.24) is 10.6 Å². The number of nitrogens with one attached hydrogen (secondary N) is 2. The van der Waals surface area contributed by atoms with Crippen LogP contribution in [0.4, 0.5) is 8.78 Å². The van der Waals surface area contributed by atoms with E-state index in [0.29, 0.717) is 6.54 Å². The van der Waals surface area contributed by atoms with Gasteiger partial charge in [0.05, 0.1) is 6.10 Å². The Morgan fingerprint density at radius 1 is 1.40 bits per heavy atom. The molecule has 1 rings (SSSR count). The van der Waals surface area contributed by atoms with Gasteiger partial charge >= 0.3 is 0 Å². The zero-order chi connectivity index (χ0) is 15.3. The zero-order valence-electron chi connectivity index (χ0n) is 11.8.